The van der Waals surface area contributed by atoms with Crippen LogP contribution in [-0.4, -0.2) is 12.6 Å². The molecule has 4 aromatic carbocycles. The number of para-hydroxylation sites is 1. The highest BCUT2D eigenvalue weighted by molar-refractivity contribution is 6.88. The molecule has 0 spiro atoms. The fourth-order valence-corrected chi connectivity index (χ4v) is 5.71. The van der Waals surface area contributed by atoms with Crippen molar-refractivity contribution in [3.63, 3.8) is 0 Å². The van der Waals surface area contributed by atoms with Gasteiger partial charge in [-0.15, -0.1) is 0 Å². The third-order valence-corrected chi connectivity index (χ3v) is 8.28. The Balaban J connectivity index is 1.89. The van der Waals surface area contributed by atoms with Crippen molar-refractivity contribution in [2.45, 2.75) is 19.6 Å². The Kier molecular flexibility index (Phi) is 4.89. The van der Waals surface area contributed by atoms with Crippen molar-refractivity contribution in [1.29, 1.82) is 10.5 Å². The van der Waals surface area contributed by atoms with E-state index in [1.165, 1.54) is 10.6 Å². The van der Waals surface area contributed by atoms with Gasteiger partial charge in [0.1, 0.15) is 0 Å². The predicted octanol–water partition coefficient (Wildman–Crippen LogP) is 6.74. The highest BCUT2D eigenvalue weighted by Gasteiger charge is 2.20. The average Bonchev–Trinajstić information content (AvgIpc) is 3.16. The van der Waals surface area contributed by atoms with Crippen LogP contribution in [-0.2, 0) is 0 Å². The lowest BCUT2D eigenvalue weighted by Gasteiger charge is -2.17. The number of nitriles is 2. The monoisotopic (exact) mass is 441 g/mol. The van der Waals surface area contributed by atoms with Crippen LogP contribution >= 0.6 is 0 Å². The standard InChI is InChI=1S/C29H23N3Si/c1-33(2,3)24-13-15-28-26(17-24)25-16-20(29-21(18-30)8-7-9-22(29)19-31)12-14-27(25)32(28)23-10-5-4-6-11-23/h4-17H,1-3H3. The molecule has 0 aliphatic carbocycles. The van der Waals surface area contributed by atoms with Gasteiger partial charge in [-0.2, -0.15) is 10.5 Å². The third kappa shape index (κ3) is 3.42. The molecule has 0 radical (unpaired) electrons. The number of hydrogen-bond acceptors (Lipinski definition) is 2. The Morgan fingerprint density at radius 1 is 0.667 bits per heavy atom. The van der Waals surface area contributed by atoms with Crippen LogP contribution in [0.2, 0.25) is 19.6 Å². The third-order valence-electron chi connectivity index (χ3n) is 6.24. The van der Waals surface area contributed by atoms with Crippen molar-refractivity contribution in [3.05, 3.63) is 96.1 Å². The minimum Gasteiger partial charge on any atom is -0.309 e. The van der Waals surface area contributed by atoms with Gasteiger partial charge in [-0.1, -0.05) is 67.3 Å². The Morgan fingerprint density at radius 2 is 1.27 bits per heavy atom. The van der Waals surface area contributed by atoms with E-state index in [0.717, 1.165) is 27.7 Å². The number of aromatic nitrogens is 1. The molecule has 5 aromatic rings. The van der Waals surface area contributed by atoms with Gasteiger partial charge in [-0.05, 0) is 48.0 Å². The van der Waals surface area contributed by atoms with Crippen LogP contribution in [0.3, 0.4) is 0 Å². The van der Waals surface area contributed by atoms with Crippen LogP contribution in [0.25, 0.3) is 38.6 Å². The van der Waals surface area contributed by atoms with Crippen LogP contribution in [0.4, 0.5) is 0 Å². The summed E-state index contributed by atoms with van der Waals surface area (Å²) >= 11 is 0. The molecule has 0 N–H and O–H groups in total. The SMILES string of the molecule is C[Si](C)(C)c1ccc2c(c1)c1cc(-c3c(C#N)cccc3C#N)ccc1n2-c1ccccc1. The van der Waals surface area contributed by atoms with E-state index in [-0.39, 0.29) is 0 Å². The summed E-state index contributed by atoms with van der Waals surface area (Å²) < 4.78 is 2.30. The molecule has 0 aliphatic rings. The maximum absolute atomic E-state index is 9.70. The topological polar surface area (TPSA) is 52.5 Å². The molecule has 0 bridgehead atoms. The highest BCUT2D eigenvalue weighted by Crippen LogP contribution is 2.36. The Hall–Kier alpha value is -4.12. The fourth-order valence-electron chi connectivity index (χ4n) is 4.55. The lowest BCUT2D eigenvalue weighted by molar-refractivity contribution is 1.18. The van der Waals surface area contributed by atoms with Crippen molar-refractivity contribution in [2.24, 2.45) is 0 Å². The maximum Gasteiger partial charge on any atom is 0.0998 e. The van der Waals surface area contributed by atoms with Crippen LogP contribution in [0.5, 0.6) is 0 Å². The van der Waals surface area contributed by atoms with Crippen molar-refractivity contribution >= 4 is 35.1 Å². The van der Waals surface area contributed by atoms with Gasteiger partial charge >= 0.3 is 0 Å². The van der Waals surface area contributed by atoms with Crippen LogP contribution < -0.4 is 5.19 Å². The van der Waals surface area contributed by atoms with E-state index in [1.807, 2.05) is 12.1 Å². The molecule has 1 heterocycles. The molecular formula is C29H23N3Si. The number of fused-ring (bicyclic) bond motifs is 3. The molecule has 0 amide bonds. The van der Waals surface area contributed by atoms with Crippen molar-refractivity contribution in [2.75, 3.05) is 0 Å². The number of hydrogen-bond donors (Lipinski definition) is 0. The number of benzene rings is 4. The summed E-state index contributed by atoms with van der Waals surface area (Å²) in [5, 5.41) is 23.1. The average molecular weight is 442 g/mol. The van der Waals surface area contributed by atoms with Crippen molar-refractivity contribution in [1.82, 2.24) is 4.57 Å². The summed E-state index contributed by atoms with van der Waals surface area (Å²) in [6, 6.07) is 33.4. The first-order chi connectivity index (χ1) is 15.9. The molecule has 0 aliphatic heterocycles. The molecule has 0 fully saturated rings. The zero-order chi connectivity index (χ0) is 23.2. The molecule has 1 aromatic heterocycles. The fraction of sp³-hybridized carbons (Fsp3) is 0.103. The minimum atomic E-state index is -1.51. The summed E-state index contributed by atoms with van der Waals surface area (Å²) in [5.74, 6) is 0. The van der Waals surface area contributed by atoms with E-state index in [2.05, 4.69) is 90.9 Å². The zero-order valence-electron chi connectivity index (χ0n) is 18.9. The van der Waals surface area contributed by atoms with Gasteiger partial charge in [-0.25, -0.2) is 0 Å². The quantitative estimate of drug-likeness (QED) is 0.291. The highest BCUT2D eigenvalue weighted by atomic mass is 28.3. The van der Waals surface area contributed by atoms with E-state index in [9.17, 15) is 10.5 Å². The van der Waals surface area contributed by atoms with Gasteiger partial charge in [0.25, 0.3) is 0 Å². The Morgan fingerprint density at radius 3 is 1.88 bits per heavy atom. The van der Waals surface area contributed by atoms with E-state index >= 15 is 0 Å². The van der Waals surface area contributed by atoms with E-state index < -0.39 is 8.07 Å². The Labute approximate surface area is 194 Å². The lowest BCUT2D eigenvalue weighted by atomic mass is 9.94. The van der Waals surface area contributed by atoms with Crippen LogP contribution in [0.15, 0.2) is 84.9 Å². The molecule has 0 unspecified atom stereocenters. The van der Waals surface area contributed by atoms with E-state index in [1.54, 1.807) is 18.2 Å². The zero-order valence-corrected chi connectivity index (χ0v) is 19.9. The molecule has 5 rings (SSSR count). The van der Waals surface area contributed by atoms with Gasteiger partial charge in [0.15, 0.2) is 0 Å². The van der Waals surface area contributed by atoms with Gasteiger partial charge in [0.05, 0.1) is 42.4 Å². The lowest BCUT2D eigenvalue weighted by Crippen LogP contribution is -2.37. The first-order valence-corrected chi connectivity index (χ1v) is 14.5. The first-order valence-electron chi connectivity index (χ1n) is 11.0. The second-order valence-electron chi connectivity index (χ2n) is 9.34. The molecule has 0 saturated heterocycles. The van der Waals surface area contributed by atoms with E-state index in [0.29, 0.717) is 16.7 Å². The van der Waals surface area contributed by atoms with Gasteiger partial charge in [0.2, 0.25) is 0 Å². The number of rotatable bonds is 3. The predicted molar refractivity (Wildman–Crippen MR) is 139 cm³/mol. The molecular weight excluding hydrogens is 418 g/mol. The van der Waals surface area contributed by atoms with Crippen molar-refractivity contribution < 1.29 is 0 Å². The molecule has 158 valence electrons. The van der Waals surface area contributed by atoms with Crippen molar-refractivity contribution in [3.8, 4) is 29.0 Å². The van der Waals surface area contributed by atoms with Gasteiger partial charge in [-0.3, -0.25) is 0 Å². The van der Waals surface area contributed by atoms with E-state index in [4.69, 9.17) is 0 Å². The smallest absolute Gasteiger partial charge is 0.0998 e. The summed E-state index contributed by atoms with van der Waals surface area (Å²) in [7, 11) is -1.51. The summed E-state index contributed by atoms with van der Waals surface area (Å²) in [6.07, 6.45) is 0. The minimum absolute atomic E-state index is 0.517. The normalized spacial score (nSPS) is 11.4. The molecule has 33 heavy (non-hydrogen) atoms. The Bertz CT molecular complexity index is 1580. The maximum atomic E-state index is 9.70. The largest absolute Gasteiger partial charge is 0.309 e. The second-order valence-corrected chi connectivity index (χ2v) is 14.4. The summed E-state index contributed by atoms with van der Waals surface area (Å²) in [4.78, 5) is 0. The first kappa shape index (κ1) is 20.8. The number of nitrogens with zero attached hydrogens (tertiary/aromatic N) is 3. The molecule has 3 nitrogen and oxygen atoms in total. The molecule has 4 heteroatoms. The second kappa shape index (κ2) is 7.78. The summed E-state index contributed by atoms with van der Waals surface area (Å²) in [6.45, 7) is 7.08. The van der Waals surface area contributed by atoms with Crippen LogP contribution in [0.1, 0.15) is 11.1 Å². The molecule has 0 atom stereocenters. The van der Waals surface area contributed by atoms with Gasteiger partial charge in [0, 0.05) is 22.0 Å². The van der Waals surface area contributed by atoms with Gasteiger partial charge < -0.3 is 4.57 Å². The molecule has 0 saturated carbocycles. The summed E-state index contributed by atoms with van der Waals surface area (Å²) in [5.41, 5.74) is 6.00. The van der Waals surface area contributed by atoms with Crippen LogP contribution in [0, 0.1) is 22.7 Å².